The van der Waals surface area contributed by atoms with E-state index in [0.717, 1.165) is 27.6 Å². The zero-order valence-electron chi connectivity index (χ0n) is 11.4. The Hall–Kier alpha value is -1.87. The van der Waals surface area contributed by atoms with Crippen molar-refractivity contribution in [2.75, 3.05) is 18.6 Å². The monoisotopic (exact) mass is 278 g/mol. The molecule has 0 heterocycles. The fourth-order valence-electron chi connectivity index (χ4n) is 1.45. The standard InChI is InChI=1S/C8H11NO.C7H8ClN/c1-6-3-4-7(9)5-8(6)10-2;1-5-2-3-6(9)4-7(5)8/h3-5H,9H2,1-2H3;2-4H,9H2,1H3. The van der Waals surface area contributed by atoms with Crippen molar-refractivity contribution in [2.24, 2.45) is 0 Å². The first-order valence-corrected chi connectivity index (χ1v) is 6.23. The van der Waals surface area contributed by atoms with Gasteiger partial charge in [0, 0.05) is 22.5 Å². The van der Waals surface area contributed by atoms with Gasteiger partial charge in [-0.2, -0.15) is 0 Å². The third-order valence-electron chi connectivity index (χ3n) is 2.63. The highest BCUT2D eigenvalue weighted by molar-refractivity contribution is 6.31. The van der Waals surface area contributed by atoms with Gasteiger partial charge >= 0.3 is 0 Å². The summed E-state index contributed by atoms with van der Waals surface area (Å²) in [5.74, 6) is 0.847. The van der Waals surface area contributed by atoms with Gasteiger partial charge in [-0.1, -0.05) is 23.7 Å². The molecular weight excluding hydrogens is 260 g/mol. The Labute approximate surface area is 119 Å². The van der Waals surface area contributed by atoms with Crippen molar-refractivity contribution in [3.05, 3.63) is 52.5 Å². The van der Waals surface area contributed by atoms with Crippen LogP contribution in [0.15, 0.2) is 36.4 Å². The van der Waals surface area contributed by atoms with Gasteiger partial charge in [-0.15, -0.1) is 0 Å². The Morgan fingerprint density at radius 1 is 0.895 bits per heavy atom. The highest BCUT2D eigenvalue weighted by Crippen LogP contribution is 2.19. The van der Waals surface area contributed by atoms with Crippen LogP contribution in [0.3, 0.4) is 0 Å². The number of nitrogen functional groups attached to an aromatic ring is 2. The summed E-state index contributed by atoms with van der Waals surface area (Å²) >= 11 is 5.73. The van der Waals surface area contributed by atoms with Gasteiger partial charge in [-0.3, -0.25) is 0 Å². The summed E-state index contributed by atoms with van der Waals surface area (Å²) in [5, 5.41) is 0.731. The first-order valence-electron chi connectivity index (χ1n) is 5.85. The zero-order valence-corrected chi connectivity index (χ0v) is 12.2. The summed E-state index contributed by atoms with van der Waals surface area (Å²) < 4.78 is 5.05. The minimum Gasteiger partial charge on any atom is -0.496 e. The maximum Gasteiger partial charge on any atom is 0.123 e. The fourth-order valence-corrected chi connectivity index (χ4v) is 1.63. The number of ether oxygens (including phenoxy) is 1. The van der Waals surface area contributed by atoms with Gasteiger partial charge in [0.15, 0.2) is 0 Å². The quantitative estimate of drug-likeness (QED) is 0.780. The van der Waals surface area contributed by atoms with Crippen LogP contribution in [0, 0.1) is 13.8 Å². The van der Waals surface area contributed by atoms with E-state index < -0.39 is 0 Å². The van der Waals surface area contributed by atoms with E-state index in [1.165, 1.54) is 0 Å². The Balaban J connectivity index is 0.000000191. The SMILES string of the molecule is COc1cc(N)ccc1C.Cc1ccc(N)cc1Cl. The van der Waals surface area contributed by atoms with Crippen molar-refractivity contribution < 1.29 is 4.74 Å². The van der Waals surface area contributed by atoms with Crippen LogP contribution in [0.25, 0.3) is 0 Å². The van der Waals surface area contributed by atoms with Crippen LogP contribution in [0.5, 0.6) is 5.75 Å². The molecule has 3 nitrogen and oxygen atoms in total. The van der Waals surface area contributed by atoms with E-state index in [0.29, 0.717) is 5.69 Å². The summed E-state index contributed by atoms with van der Waals surface area (Å²) in [6.07, 6.45) is 0. The minimum atomic E-state index is 0.714. The van der Waals surface area contributed by atoms with Crippen molar-refractivity contribution >= 4 is 23.0 Å². The van der Waals surface area contributed by atoms with Crippen molar-refractivity contribution in [1.29, 1.82) is 0 Å². The van der Waals surface area contributed by atoms with Crippen molar-refractivity contribution in [1.82, 2.24) is 0 Å². The molecule has 0 saturated heterocycles. The van der Waals surface area contributed by atoms with Crippen LogP contribution >= 0.6 is 11.6 Å². The van der Waals surface area contributed by atoms with Crippen LogP contribution in [-0.2, 0) is 0 Å². The fraction of sp³-hybridized carbons (Fsp3) is 0.200. The summed E-state index contributed by atoms with van der Waals surface area (Å²) in [6.45, 7) is 3.93. The molecule has 0 aromatic heterocycles. The van der Waals surface area contributed by atoms with E-state index in [-0.39, 0.29) is 0 Å². The molecule has 0 unspecified atom stereocenters. The van der Waals surface area contributed by atoms with E-state index in [4.69, 9.17) is 27.8 Å². The highest BCUT2D eigenvalue weighted by atomic mass is 35.5. The molecule has 0 spiro atoms. The number of hydrogen-bond acceptors (Lipinski definition) is 3. The molecule has 4 N–H and O–H groups in total. The Morgan fingerprint density at radius 2 is 1.42 bits per heavy atom. The summed E-state index contributed by atoms with van der Waals surface area (Å²) in [7, 11) is 1.64. The van der Waals surface area contributed by atoms with Gasteiger partial charge in [-0.05, 0) is 43.2 Å². The van der Waals surface area contributed by atoms with E-state index in [2.05, 4.69) is 0 Å². The van der Waals surface area contributed by atoms with Crippen LogP contribution < -0.4 is 16.2 Å². The molecule has 2 rings (SSSR count). The maximum absolute atomic E-state index is 5.73. The Morgan fingerprint density at radius 3 is 1.84 bits per heavy atom. The average Bonchev–Trinajstić information content (AvgIpc) is 2.38. The first-order chi connectivity index (χ1) is 8.93. The molecule has 2 aromatic rings. The first kappa shape index (κ1) is 15.2. The number of benzene rings is 2. The predicted molar refractivity (Wildman–Crippen MR) is 82.7 cm³/mol. The number of aryl methyl sites for hydroxylation is 2. The van der Waals surface area contributed by atoms with Gasteiger partial charge in [0.2, 0.25) is 0 Å². The topological polar surface area (TPSA) is 61.3 Å². The molecule has 0 aliphatic heterocycles. The summed E-state index contributed by atoms with van der Waals surface area (Å²) in [5.41, 5.74) is 14.6. The molecule has 2 aromatic carbocycles. The third kappa shape index (κ3) is 4.72. The molecule has 0 radical (unpaired) electrons. The Kier molecular flexibility index (Phi) is 5.52. The zero-order chi connectivity index (χ0) is 14.4. The molecule has 0 bridgehead atoms. The van der Waals surface area contributed by atoms with Crippen LogP contribution in [-0.4, -0.2) is 7.11 Å². The molecule has 102 valence electrons. The number of nitrogens with two attached hydrogens (primary N) is 2. The maximum atomic E-state index is 5.73. The van der Waals surface area contributed by atoms with Crippen LogP contribution in [0.4, 0.5) is 11.4 Å². The molecule has 0 aliphatic carbocycles. The molecule has 0 saturated carbocycles. The third-order valence-corrected chi connectivity index (χ3v) is 3.04. The van der Waals surface area contributed by atoms with E-state index >= 15 is 0 Å². The molecule has 19 heavy (non-hydrogen) atoms. The Bertz CT molecular complexity index is 556. The van der Waals surface area contributed by atoms with Gasteiger partial charge in [0.1, 0.15) is 5.75 Å². The number of halogens is 1. The average molecular weight is 279 g/mol. The molecule has 0 amide bonds. The van der Waals surface area contributed by atoms with Crippen molar-refractivity contribution in [2.45, 2.75) is 13.8 Å². The normalized spacial score (nSPS) is 9.47. The van der Waals surface area contributed by atoms with Crippen molar-refractivity contribution in [3.63, 3.8) is 0 Å². The molecular formula is C15H19ClN2O. The molecule has 0 aliphatic rings. The van der Waals surface area contributed by atoms with Crippen molar-refractivity contribution in [3.8, 4) is 5.75 Å². The largest absolute Gasteiger partial charge is 0.496 e. The van der Waals surface area contributed by atoms with E-state index in [9.17, 15) is 0 Å². The van der Waals surface area contributed by atoms with Gasteiger partial charge in [0.05, 0.1) is 7.11 Å². The lowest BCUT2D eigenvalue weighted by Crippen LogP contribution is -1.89. The second-order valence-corrected chi connectivity index (χ2v) is 4.64. The highest BCUT2D eigenvalue weighted by Gasteiger charge is 1.95. The lowest BCUT2D eigenvalue weighted by Gasteiger charge is -2.03. The number of methoxy groups -OCH3 is 1. The van der Waals surface area contributed by atoms with E-state index in [1.54, 1.807) is 13.2 Å². The second kappa shape index (κ2) is 6.90. The molecule has 4 heteroatoms. The smallest absolute Gasteiger partial charge is 0.123 e. The van der Waals surface area contributed by atoms with Gasteiger partial charge in [0.25, 0.3) is 0 Å². The lowest BCUT2D eigenvalue weighted by molar-refractivity contribution is 0.412. The van der Waals surface area contributed by atoms with Gasteiger partial charge < -0.3 is 16.2 Å². The predicted octanol–water partition coefficient (Wildman–Crippen LogP) is 3.82. The number of rotatable bonds is 1. The number of hydrogen-bond donors (Lipinski definition) is 2. The summed E-state index contributed by atoms with van der Waals surface area (Å²) in [4.78, 5) is 0. The lowest BCUT2D eigenvalue weighted by atomic mass is 10.2. The van der Waals surface area contributed by atoms with E-state index in [1.807, 2.05) is 44.2 Å². The van der Waals surface area contributed by atoms with Gasteiger partial charge in [-0.25, -0.2) is 0 Å². The number of anilines is 2. The summed E-state index contributed by atoms with van der Waals surface area (Å²) in [6, 6.07) is 11.1. The van der Waals surface area contributed by atoms with Crippen LogP contribution in [0.2, 0.25) is 5.02 Å². The molecule has 0 fully saturated rings. The minimum absolute atomic E-state index is 0.714. The second-order valence-electron chi connectivity index (χ2n) is 4.24. The molecule has 0 atom stereocenters. The van der Waals surface area contributed by atoms with Crippen LogP contribution in [0.1, 0.15) is 11.1 Å².